The van der Waals surface area contributed by atoms with E-state index < -0.39 is 5.41 Å². The number of para-hydroxylation sites is 1. The van der Waals surface area contributed by atoms with Gasteiger partial charge in [-0.15, -0.1) is 0 Å². The molecule has 5 nitrogen and oxygen atoms in total. The summed E-state index contributed by atoms with van der Waals surface area (Å²) in [7, 11) is 0. The fraction of sp³-hybridized carbons (Fsp3) is 0.280. The first-order chi connectivity index (χ1) is 14.6. The molecule has 152 valence electrons. The Hall–Kier alpha value is -3.34. The van der Waals surface area contributed by atoms with Crippen LogP contribution in [0.25, 0.3) is 16.7 Å². The summed E-state index contributed by atoms with van der Waals surface area (Å²) in [6.45, 7) is 2.95. The molecule has 5 heteroatoms. The topological polar surface area (TPSA) is 54.5 Å². The predicted octanol–water partition coefficient (Wildman–Crippen LogP) is 5.34. The van der Waals surface area contributed by atoms with Crippen molar-refractivity contribution < 1.29 is 19.2 Å². The lowest BCUT2D eigenvalue weighted by Gasteiger charge is -2.35. The number of allylic oxidation sites excluding steroid dienone is 1. The van der Waals surface area contributed by atoms with Gasteiger partial charge in [-0.25, -0.2) is 0 Å². The summed E-state index contributed by atoms with van der Waals surface area (Å²) in [6.07, 6.45) is 4.13. The Bertz CT molecular complexity index is 1190. The number of carbonyl (C=O) groups is 1. The maximum atomic E-state index is 13.2. The monoisotopic (exact) mass is 401 g/mol. The Morgan fingerprint density at radius 2 is 1.93 bits per heavy atom. The number of hydrogen-bond donors (Lipinski definition) is 1. The molecule has 1 aromatic heterocycles. The fourth-order valence-electron chi connectivity index (χ4n) is 4.84. The number of ether oxygens (including phenoxy) is 1. The molecule has 1 atom stereocenters. The standard InChI is InChI=1S/C25H24N2O3/c1-2-25-13-8-14-26(24(29)30-17-18-9-4-3-5-10-18)23(25)27-20-12-7-6-11-19(20)15-21(27)22(28)16-25/h3-7,9-12,15-16H,2,8,13-14,17H2,1H3/p+1. The van der Waals surface area contributed by atoms with E-state index in [-0.39, 0.29) is 18.5 Å². The molecule has 3 aromatic rings. The third kappa shape index (κ3) is 2.84. The lowest BCUT2D eigenvalue weighted by atomic mass is 9.75. The van der Waals surface area contributed by atoms with Crippen molar-refractivity contribution in [3.8, 4) is 0 Å². The van der Waals surface area contributed by atoms with Gasteiger partial charge in [0.25, 0.3) is 5.84 Å². The van der Waals surface area contributed by atoms with E-state index in [9.17, 15) is 9.90 Å². The van der Waals surface area contributed by atoms with Gasteiger partial charge in [-0.1, -0.05) is 55.5 Å². The SMILES string of the molecule is CCC12C=C(O)c3cc4ccccc4n3C1=[N+](C(=O)OCc1ccccc1)CCC2. The first-order valence-corrected chi connectivity index (χ1v) is 10.5. The van der Waals surface area contributed by atoms with Gasteiger partial charge in [-0.3, -0.25) is 0 Å². The number of fused-ring (bicyclic) bond motifs is 5. The van der Waals surface area contributed by atoms with Gasteiger partial charge in [-0.2, -0.15) is 13.9 Å². The van der Waals surface area contributed by atoms with E-state index in [0.29, 0.717) is 6.54 Å². The lowest BCUT2D eigenvalue weighted by molar-refractivity contribution is -0.460. The summed E-state index contributed by atoms with van der Waals surface area (Å²) in [5, 5.41) is 11.9. The third-order valence-electron chi connectivity index (χ3n) is 6.36. The van der Waals surface area contributed by atoms with Crippen molar-refractivity contribution in [3.05, 3.63) is 78.0 Å². The summed E-state index contributed by atoms with van der Waals surface area (Å²) >= 11 is 0. The fourth-order valence-corrected chi connectivity index (χ4v) is 4.84. The molecule has 30 heavy (non-hydrogen) atoms. The van der Waals surface area contributed by atoms with Crippen molar-refractivity contribution >= 4 is 28.6 Å². The minimum absolute atomic E-state index is 0.239. The smallest absolute Gasteiger partial charge is 0.504 e. The van der Waals surface area contributed by atoms with Crippen molar-refractivity contribution in [3.63, 3.8) is 0 Å². The van der Waals surface area contributed by atoms with Crippen LogP contribution < -0.4 is 0 Å². The summed E-state index contributed by atoms with van der Waals surface area (Å²) in [4.78, 5) is 13.2. The Morgan fingerprint density at radius 1 is 1.17 bits per heavy atom. The normalized spacial score (nSPS) is 20.5. The zero-order valence-corrected chi connectivity index (χ0v) is 17.0. The maximum absolute atomic E-state index is 13.2. The van der Waals surface area contributed by atoms with Crippen LogP contribution >= 0.6 is 0 Å². The van der Waals surface area contributed by atoms with Crippen molar-refractivity contribution in [2.45, 2.75) is 32.8 Å². The van der Waals surface area contributed by atoms with E-state index in [4.69, 9.17) is 4.74 Å². The molecule has 2 aromatic carbocycles. The molecule has 0 fully saturated rings. The Balaban J connectivity index is 1.65. The molecule has 0 spiro atoms. The van der Waals surface area contributed by atoms with Crippen LogP contribution in [0, 0.1) is 5.41 Å². The minimum atomic E-state index is -0.400. The van der Waals surface area contributed by atoms with E-state index in [0.717, 1.165) is 47.3 Å². The van der Waals surface area contributed by atoms with Crippen LogP contribution in [0.3, 0.4) is 0 Å². The zero-order valence-electron chi connectivity index (χ0n) is 17.0. The van der Waals surface area contributed by atoms with E-state index >= 15 is 0 Å². The highest BCUT2D eigenvalue weighted by molar-refractivity contribution is 6.04. The Labute approximate surface area is 175 Å². The molecule has 2 aliphatic rings. The molecule has 1 amide bonds. The highest BCUT2D eigenvalue weighted by Gasteiger charge is 2.50. The quantitative estimate of drug-likeness (QED) is 0.603. The second kappa shape index (κ2) is 7.17. The first-order valence-electron chi connectivity index (χ1n) is 10.5. The molecule has 3 heterocycles. The van der Waals surface area contributed by atoms with Crippen molar-refractivity contribution in [1.82, 2.24) is 4.57 Å². The van der Waals surface area contributed by atoms with Gasteiger partial charge < -0.3 is 9.84 Å². The number of benzene rings is 2. The Morgan fingerprint density at radius 3 is 2.73 bits per heavy atom. The second-order valence-electron chi connectivity index (χ2n) is 8.08. The minimum Gasteiger partial charge on any atom is -0.504 e. The van der Waals surface area contributed by atoms with Crippen molar-refractivity contribution in [2.75, 3.05) is 6.54 Å². The predicted molar refractivity (Wildman–Crippen MR) is 117 cm³/mol. The average Bonchev–Trinajstić information content (AvgIpc) is 3.18. The average molecular weight is 401 g/mol. The summed E-state index contributed by atoms with van der Waals surface area (Å²) in [5.74, 6) is 1.17. The van der Waals surface area contributed by atoms with Crippen LogP contribution in [0.1, 0.15) is 37.4 Å². The largest absolute Gasteiger partial charge is 0.507 e. The van der Waals surface area contributed by atoms with Gasteiger partial charge in [-0.05, 0) is 37.0 Å². The molecule has 1 unspecified atom stereocenters. The molecular weight excluding hydrogens is 376 g/mol. The van der Waals surface area contributed by atoms with Gasteiger partial charge in [0.2, 0.25) is 0 Å². The molecule has 0 radical (unpaired) electrons. The number of aliphatic hydroxyl groups excluding tert-OH is 1. The zero-order chi connectivity index (χ0) is 20.7. The molecular formula is C25H25N2O3+. The van der Waals surface area contributed by atoms with E-state index in [1.807, 2.05) is 66.7 Å². The van der Waals surface area contributed by atoms with Crippen LogP contribution in [-0.4, -0.2) is 32.7 Å². The van der Waals surface area contributed by atoms with Crippen LogP contribution in [-0.2, 0) is 11.3 Å². The number of aromatic nitrogens is 1. The van der Waals surface area contributed by atoms with Crippen molar-refractivity contribution in [2.24, 2.45) is 5.41 Å². The molecule has 0 bridgehead atoms. The lowest BCUT2D eigenvalue weighted by Crippen LogP contribution is -2.49. The molecule has 5 rings (SSSR count). The van der Waals surface area contributed by atoms with Crippen LogP contribution in [0.4, 0.5) is 4.79 Å². The number of amides is 1. The molecule has 0 aliphatic carbocycles. The number of aliphatic hydroxyl groups is 1. The van der Waals surface area contributed by atoms with Crippen LogP contribution in [0.15, 0.2) is 66.7 Å². The van der Waals surface area contributed by atoms with E-state index in [1.54, 1.807) is 4.58 Å². The number of rotatable bonds is 3. The van der Waals surface area contributed by atoms with Gasteiger partial charge in [0.15, 0.2) is 11.5 Å². The second-order valence-corrected chi connectivity index (χ2v) is 8.08. The summed E-state index contributed by atoms with van der Waals surface area (Å²) < 4.78 is 9.53. The van der Waals surface area contributed by atoms with Gasteiger partial charge >= 0.3 is 6.09 Å². The van der Waals surface area contributed by atoms with Crippen LogP contribution in [0.5, 0.6) is 0 Å². The van der Waals surface area contributed by atoms with Crippen molar-refractivity contribution in [1.29, 1.82) is 0 Å². The first kappa shape index (κ1) is 18.7. The van der Waals surface area contributed by atoms with E-state index in [1.165, 1.54) is 0 Å². The molecule has 0 saturated heterocycles. The summed E-state index contributed by atoms with van der Waals surface area (Å²) in [6, 6.07) is 19.7. The molecule has 0 saturated carbocycles. The molecule has 2 aliphatic heterocycles. The molecule has 1 N–H and O–H groups in total. The summed E-state index contributed by atoms with van der Waals surface area (Å²) in [5.41, 5.74) is 2.27. The van der Waals surface area contributed by atoms with Gasteiger partial charge in [0.1, 0.15) is 12.1 Å². The third-order valence-corrected chi connectivity index (χ3v) is 6.36. The number of carbonyl (C=O) groups excluding carboxylic acids is 1. The van der Waals surface area contributed by atoms with Gasteiger partial charge in [0.05, 0.1) is 12.0 Å². The maximum Gasteiger partial charge on any atom is 0.507 e. The van der Waals surface area contributed by atoms with E-state index in [2.05, 4.69) is 11.5 Å². The highest BCUT2D eigenvalue weighted by atomic mass is 16.5. The van der Waals surface area contributed by atoms with Crippen LogP contribution in [0.2, 0.25) is 0 Å². The Kier molecular flexibility index (Phi) is 4.46. The highest BCUT2D eigenvalue weighted by Crippen LogP contribution is 2.43. The van der Waals surface area contributed by atoms with Gasteiger partial charge in [0, 0.05) is 11.5 Å². The number of hydrogen-bond acceptors (Lipinski definition) is 3. The number of nitrogens with zero attached hydrogens (tertiary/aromatic N) is 2.